The van der Waals surface area contributed by atoms with Crippen molar-refractivity contribution in [2.24, 2.45) is 0 Å². The second-order valence-corrected chi connectivity index (χ2v) is 5.01. The number of amides is 2. The molecule has 0 aliphatic carbocycles. The van der Waals surface area contributed by atoms with Gasteiger partial charge in [-0.1, -0.05) is 5.16 Å². The highest BCUT2D eigenvalue weighted by Crippen LogP contribution is 2.12. The molecule has 0 aliphatic rings. The Bertz CT molecular complexity index is 606. The minimum Gasteiger partial charge on any atom is -0.363 e. The molecule has 0 radical (unpaired) electrons. The Hall–Kier alpha value is -2.57. The van der Waals surface area contributed by atoms with Gasteiger partial charge in [0.15, 0.2) is 0 Å². The monoisotopic (exact) mass is 289 g/mol. The third-order valence-corrected chi connectivity index (χ3v) is 2.88. The van der Waals surface area contributed by atoms with Crippen molar-refractivity contribution in [2.45, 2.75) is 13.5 Å². The zero-order valence-corrected chi connectivity index (χ0v) is 12.6. The first kappa shape index (κ1) is 14.8. The number of anilines is 2. The molecule has 2 rings (SSSR count). The molecule has 0 aliphatic heterocycles. The standard InChI is InChI=1S/C14H19N5O2/c1-10-7-12(17-21-10)9-19(4)14(20)16-11-5-6-13(15-8-11)18(2)3/h5-8H,9H2,1-4H3,(H,16,20). The molecule has 0 unspecified atom stereocenters. The summed E-state index contributed by atoms with van der Waals surface area (Å²) in [4.78, 5) is 19.7. The van der Waals surface area contributed by atoms with Crippen molar-refractivity contribution in [1.29, 1.82) is 0 Å². The minimum absolute atomic E-state index is 0.227. The van der Waals surface area contributed by atoms with E-state index in [-0.39, 0.29) is 6.03 Å². The summed E-state index contributed by atoms with van der Waals surface area (Å²) in [5, 5.41) is 6.64. The first-order valence-electron chi connectivity index (χ1n) is 6.53. The summed E-state index contributed by atoms with van der Waals surface area (Å²) in [7, 11) is 5.52. The number of nitrogens with zero attached hydrogens (tertiary/aromatic N) is 4. The number of hydrogen-bond donors (Lipinski definition) is 1. The molecule has 0 aromatic carbocycles. The number of carbonyl (C=O) groups excluding carboxylic acids is 1. The van der Waals surface area contributed by atoms with Gasteiger partial charge in [-0.25, -0.2) is 9.78 Å². The van der Waals surface area contributed by atoms with E-state index in [1.165, 1.54) is 4.90 Å². The van der Waals surface area contributed by atoms with Crippen LogP contribution in [0.4, 0.5) is 16.3 Å². The highest BCUT2D eigenvalue weighted by molar-refractivity contribution is 5.88. The van der Waals surface area contributed by atoms with Crippen molar-refractivity contribution in [3.8, 4) is 0 Å². The van der Waals surface area contributed by atoms with Crippen molar-refractivity contribution < 1.29 is 9.32 Å². The van der Waals surface area contributed by atoms with E-state index in [2.05, 4.69) is 15.5 Å². The van der Waals surface area contributed by atoms with Crippen LogP contribution in [0.1, 0.15) is 11.5 Å². The quantitative estimate of drug-likeness (QED) is 0.933. The lowest BCUT2D eigenvalue weighted by Crippen LogP contribution is -2.31. The van der Waals surface area contributed by atoms with E-state index in [4.69, 9.17) is 4.52 Å². The fourth-order valence-electron chi connectivity index (χ4n) is 1.75. The number of urea groups is 1. The molecular weight excluding hydrogens is 270 g/mol. The summed E-state index contributed by atoms with van der Waals surface area (Å²) in [6, 6.07) is 5.23. The SMILES string of the molecule is Cc1cc(CN(C)C(=O)Nc2ccc(N(C)C)nc2)no1. The molecule has 0 fully saturated rings. The largest absolute Gasteiger partial charge is 0.363 e. The fourth-order valence-corrected chi connectivity index (χ4v) is 1.75. The summed E-state index contributed by atoms with van der Waals surface area (Å²) in [5.41, 5.74) is 1.36. The summed E-state index contributed by atoms with van der Waals surface area (Å²) in [5.74, 6) is 1.56. The van der Waals surface area contributed by atoms with Gasteiger partial charge in [0.05, 0.1) is 18.4 Å². The minimum atomic E-state index is -0.227. The second-order valence-electron chi connectivity index (χ2n) is 5.01. The van der Waals surface area contributed by atoms with Gasteiger partial charge in [0.25, 0.3) is 0 Å². The third kappa shape index (κ3) is 3.95. The zero-order valence-electron chi connectivity index (χ0n) is 12.6. The van der Waals surface area contributed by atoms with Gasteiger partial charge in [-0.2, -0.15) is 0 Å². The number of rotatable bonds is 4. The molecule has 0 saturated heterocycles. The Morgan fingerprint density at radius 1 is 1.33 bits per heavy atom. The van der Waals surface area contributed by atoms with E-state index < -0.39 is 0 Å². The Morgan fingerprint density at radius 3 is 2.62 bits per heavy atom. The van der Waals surface area contributed by atoms with E-state index in [1.807, 2.05) is 38.1 Å². The molecule has 2 amide bonds. The molecule has 2 aromatic rings. The predicted octanol–water partition coefficient (Wildman–Crippen LogP) is 2.11. The molecule has 2 aromatic heterocycles. The van der Waals surface area contributed by atoms with Gasteiger partial charge in [-0.3, -0.25) is 0 Å². The molecule has 7 nitrogen and oxygen atoms in total. The van der Waals surface area contributed by atoms with Crippen LogP contribution >= 0.6 is 0 Å². The van der Waals surface area contributed by atoms with Crippen LogP contribution in [0.5, 0.6) is 0 Å². The first-order valence-corrected chi connectivity index (χ1v) is 6.53. The van der Waals surface area contributed by atoms with Crippen molar-refractivity contribution >= 4 is 17.5 Å². The molecular formula is C14H19N5O2. The van der Waals surface area contributed by atoms with Crippen LogP contribution in [0.3, 0.4) is 0 Å². The molecule has 0 saturated carbocycles. The molecule has 0 spiro atoms. The van der Waals surface area contributed by atoms with Crippen LogP contribution in [0, 0.1) is 6.92 Å². The highest BCUT2D eigenvalue weighted by atomic mass is 16.5. The fraction of sp³-hybridized carbons (Fsp3) is 0.357. The van der Waals surface area contributed by atoms with E-state index in [9.17, 15) is 4.79 Å². The number of pyridine rings is 1. The average Bonchev–Trinajstić information content (AvgIpc) is 2.84. The van der Waals surface area contributed by atoms with Gasteiger partial charge in [0.2, 0.25) is 0 Å². The maximum Gasteiger partial charge on any atom is 0.321 e. The number of aryl methyl sites for hydroxylation is 1. The number of hydrogen-bond acceptors (Lipinski definition) is 5. The summed E-state index contributed by atoms with van der Waals surface area (Å²) < 4.78 is 4.98. The summed E-state index contributed by atoms with van der Waals surface area (Å²) in [6.45, 7) is 2.20. The molecule has 0 bridgehead atoms. The van der Waals surface area contributed by atoms with Gasteiger partial charge in [0.1, 0.15) is 17.3 Å². The normalized spacial score (nSPS) is 10.3. The van der Waals surface area contributed by atoms with Crippen LogP contribution in [0.2, 0.25) is 0 Å². The number of carbonyl (C=O) groups is 1. The van der Waals surface area contributed by atoms with Crippen LogP contribution in [-0.2, 0) is 6.54 Å². The van der Waals surface area contributed by atoms with Crippen molar-refractivity contribution in [2.75, 3.05) is 31.4 Å². The summed E-state index contributed by atoms with van der Waals surface area (Å²) in [6.07, 6.45) is 1.63. The lowest BCUT2D eigenvalue weighted by Gasteiger charge is -2.17. The average molecular weight is 289 g/mol. The predicted molar refractivity (Wildman–Crippen MR) is 80.3 cm³/mol. The number of aromatic nitrogens is 2. The molecule has 112 valence electrons. The second kappa shape index (κ2) is 6.25. The molecule has 0 atom stereocenters. The number of nitrogens with one attached hydrogen (secondary N) is 1. The van der Waals surface area contributed by atoms with Gasteiger partial charge in [0, 0.05) is 27.2 Å². The third-order valence-electron chi connectivity index (χ3n) is 2.88. The topological polar surface area (TPSA) is 74.5 Å². The van der Waals surface area contributed by atoms with Gasteiger partial charge < -0.3 is 19.6 Å². The smallest absolute Gasteiger partial charge is 0.321 e. The molecule has 7 heteroatoms. The maximum absolute atomic E-state index is 12.1. The highest BCUT2D eigenvalue weighted by Gasteiger charge is 2.12. The first-order chi connectivity index (χ1) is 9.95. The van der Waals surface area contributed by atoms with E-state index >= 15 is 0 Å². The van der Waals surface area contributed by atoms with E-state index in [0.29, 0.717) is 17.9 Å². The Labute approximate surface area is 123 Å². The lowest BCUT2D eigenvalue weighted by atomic mass is 10.3. The molecule has 1 N–H and O–H groups in total. The van der Waals surface area contributed by atoms with Crippen molar-refractivity contribution in [3.05, 3.63) is 35.9 Å². The van der Waals surface area contributed by atoms with Crippen LogP contribution in [0.15, 0.2) is 28.9 Å². The maximum atomic E-state index is 12.1. The van der Waals surface area contributed by atoms with E-state index in [1.54, 1.807) is 19.3 Å². The van der Waals surface area contributed by atoms with Gasteiger partial charge in [-0.05, 0) is 19.1 Å². The lowest BCUT2D eigenvalue weighted by molar-refractivity contribution is 0.219. The van der Waals surface area contributed by atoms with Crippen molar-refractivity contribution in [3.63, 3.8) is 0 Å². The van der Waals surface area contributed by atoms with Crippen molar-refractivity contribution in [1.82, 2.24) is 15.0 Å². The Balaban J connectivity index is 1.93. The van der Waals surface area contributed by atoms with Gasteiger partial charge >= 0.3 is 6.03 Å². The van der Waals surface area contributed by atoms with Crippen LogP contribution < -0.4 is 10.2 Å². The van der Waals surface area contributed by atoms with Crippen LogP contribution in [-0.4, -0.2) is 42.2 Å². The van der Waals surface area contributed by atoms with Gasteiger partial charge in [-0.15, -0.1) is 0 Å². The van der Waals surface area contributed by atoms with Crippen LogP contribution in [0.25, 0.3) is 0 Å². The Morgan fingerprint density at radius 2 is 2.10 bits per heavy atom. The van der Waals surface area contributed by atoms with E-state index in [0.717, 1.165) is 11.6 Å². The Kier molecular flexibility index (Phi) is 4.42. The molecule has 2 heterocycles. The summed E-state index contributed by atoms with van der Waals surface area (Å²) >= 11 is 0. The molecule has 21 heavy (non-hydrogen) atoms. The zero-order chi connectivity index (χ0) is 15.4.